The van der Waals surface area contributed by atoms with Gasteiger partial charge in [0.25, 0.3) is 0 Å². The Balaban J connectivity index is -0.000000227. The minimum absolute atomic E-state index is 0. The van der Waals surface area contributed by atoms with Gasteiger partial charge < -0.3 is 34.4 Å². The van der Waals surface area contributed by atoms with E-state index < -0.39 is 33.9 Å². The van der Waals surface area contributed by atoms with Gasteiger partial charge in [-0.3, -0.25) is 24.1 Å². The molecule has 0 aromatic rings. The Morgan fingerprint density at radius 2 is 1.15 bits per heavy atom. The number of aliphatic hydroxyl groups excluding tert-OH is 1. The maximum absolute atomic E-state index is 11.4. The van der Waals surface area contributed by atoms with Crippen molar-refractivity contribution in [3.63, 3.8) is 0 Å². The first kappa shape index (κ1) is 63.5. The molecule has 0 radical (unpaired) electrons. The molecule has 0 aliphatic heterocycles. The normalized spacial score (nSPS) is 11.0. The van der Waals surface area contributed by atoms with E-state index in [4.69, 9.17) is 9.84 Å². The molecule has 2 N–H and O–H groups in total. The van der Waals surface area contributed by atoms with Crippen LogP contribution in [-0.4, -0.2) is 104 Å². The van der Waals surface area contributed by atoms with Crippen LogP contribution < -0.4 is 69.5 Å². The van der Waals surface area contributed by atoms with Gasteiger partial charge in [0, 0.05) is 39.5 Å². The van der Waals surface area contributed by atoms with Crippen molar-refractivity contribution < 1.29 is 116 Å². The van der Waals surface area contributed by atoms with Gasteiger partial charge in [-0.1, -0.05) is 123 Å². The smallest absolute Gasteiger partial charge is 0.748 e. The number of ketones is 1. The number of hydrogen-bond donors (Lipinski definition) is 2. The van der Waals surface area contributed by atoms with Crippen molar-refractivity contribution in [3.05, 3.63) is 0 Å². The molecule has 0 rings (SSSR count). The maximum atomic E-state index is 11.4. The third kappa shape index (κ3) is 57.8. The topological polar surface area (TPSA) is 220 Å². The summed E-state index contributed by atoms with van der Waals surface area (Å²) in [6.45, 7) is 9.73. The number of aliphatic carboxylic acids is 1. The van der Waals surface area contributed by atoms with Gasteiger partial charge >= 0.3 is 71.1 Å². The molecule has 1 amide bonds. The quantitative estimate of drug-likeness (QED) is 0.0346. The van der Waals surface area contributed by atoms with E-state index in [9.17, 15) is 42.0 Å². The van der Waals surface area contributed by atoms with Crippen molar-refractivity contribution in [2.75, 3.05) is 45.1 Å². The van der Waals surface area contributed by atoms with Crippen molar-refractivity contribution in [2.24, 2.45) is 0 Å². The van der Waals surface area contributed by atoms with E-state index in [0.29, 0.717) is 19.5 Å². The third-order valence-corrected chi connectivity index (χ3v) is 8.58. The molecule has 0 spiro atoms. The van der Waals surface area contributed by atoms with Crippen LogP contribution in [0, 0.1) is 0 Å². The molecular weight excluding hydrogens is 754 g/mol. The molecule has 0 aliphatic rings. The molecule has 1 atom stereocenters. The molecule has 0 aromatic carbocycles. The minimum Gasteiger partial charge on any atom is -0.748 e. The maximum Gasteiger partial charge on any atom is 1.00 e. The second-order valence-corrected chi connectivity index (χ2v) is 14.7. The Labute approximate surface area is 377 Å². The van der Waals surface area contributed by atoms with Crippen molar-refractivity contribution >= 4 is 39.7 Å². The largest absolute Gasteiger partial charge is 1.00 e. The molecule has 0 bridgehead atoms. The minimum atomic E-state index is -4.51. The summed E-state index contributed by atoms with van der Waals surface area (Å²) in [5.41, 5.74) is 0. The van der Waals surface area contributed by atoms with Crippen molar-refractivity contribution in [1.29, 1.82) is 0 Å². The summed E-state index contributed by atoms with van der Waals surface area (Å²) in [5.74, 6) is -3.71. The Bertz CT molecular complexity index is 1050. The van der Waals surface area contributed by atoms with Crippen LogP contribution >= 0.6 is 0 Å². The number of amides is 1. The van der Waals surface area contributed by atoms with Crippen molar-refractivity contribution in [1.82, 2.24) is 10.2 Å². The molecule has 0 saturated heterocycles. The summed E-state index contributed by atoms with van der Waals surface area (Å²) in [6.07, 6.45) is 22.7. The number of rotatable bonds is 32. The predicted octanol–water partition coefficient (Wildman–Crippen LogP) is -1.40. The van der Waals surface area contributed by atoms with Crippen molar-refractivity contribution in [2.45, 2.75) is 169 Å². The van der Waals surface area contributed by atoms with Crippen LogP contribution in [0.25, 0.3) is 0 Å². The fourth-order valence-corrected chi connectivity index (χ4v) is 5.24. The van der Waals surface area contributed by atoms with Crippen LogP contribution in [0.2, 0.25) is 0 Å². The Morgan fingerprint density at radius 1 is 0.709 bits per heavy atom. The number of unbranched alkanes of at least 4 members (excludes halogenated alkanes) is 17. The number of nitrogens with one attached hydrogen (secondary N) is 1. The van der Waals surface area contributed by atoms with Gasteiger partial charge in [-0.2, -0.15) is 0 Å². The van der Waals surface area contributed by atoms with Gasteiger partial charge in [0.2, 0.25) is 5.91 Å². The second-order valence-electron chi connectivity index (χ2n) is 13.3. The molecule has 0 saturated carbocycles. The average Bonchev–Trinajstić information content (AvgIpc) is 3.06. The standard InChI is InChI=1S/C16H30O3.C14H28O5S.C8H16N2O4.2Na/c1-4-5-6-7-8-9-10-11-12-13-16(18)19-15(3)14(2)17;1-2-3-4-5-6-7-8-9-10-11-12-19-14(15)13-20(16,17)18;1-7(12)9-2-3-10(4-5-11)6-8(13)14;;/h15H,4-13H2,1-3H3;2-13H2,1H3,(H,16,17,18);11H,2-6H2,1H3,(H,9,12)(H,13,14);;/q;;;2*+1/p-2. The summed E-state index contributed by atoms with van der Waals surface area (Å²) in [7, 11) is -4.51. The number of carboxylic acids is 1. The zero-order chi connectivity index (χ0) is 40.8. The molecule has 0 fully saturated rings. The Morgan fingerprint density at radius 3 is 1.53 bits per heavy atom. The molecule has 17 heteroatoms. The number of carbonyl (C=O) groups is 5. The first-order valence-electron chi connectivity index (χ1n) is 19.7. The summed E-state index contributed by atoms with van der Waals surface area (Å²) in [5, 5.41) is 21.4. The zero-order valence-electron chi connectivity index (χ0n) is 35.5. The molecule has 1 unspecified atom stereocenters. The van der Waals surface area contributed by atoms with E-state index in [1.807, 2.05) is 0 Å². The number of carbonyl (C=O) groups excluding carboxylic acids is 5. The predicted molar refractivity (Wildman–Crippen MR) is 203 cm³/mol. The third-order valence-electron chi connectivity index (χ3n) is 7.99. The van der Waals surface area contributed by atoms with Crippen LogP contribution in [0.15, 0.2) is 0 Å². The van der Waals surface area contributed by atoms with Gasteiger partial charge in [0.15, 0.2) is 11.9 Å². The van der Waals surface area contributed by atoms with Gasteiger partial charge in [0.05, 0.1) is 19.2 Å². The van der Waals surface area contributed by atoms with Crippen LogP contribution in [0.3, 0.4) is 0 Å². The summed E-state index contributed by atoms with van der Waals surface area (Å²) in [6, 6.07) is 0. The van der Waals surface area contributed by atoms with E-state index in [-0.39, 0.29) is 103 Å². The monoisotopic (exact) mass is 826 g/mol. The fourth-order valence-electron chi connectivity index (χ4n) is 4.86. The molecule has 14 nitrogen and oxygen atoms in total. The van der Waals surface area contributed by atoms with Gasteiger partial charge in [-0.05, 0) is 26.7 Å². The van der Waals surface area contributed by atoms with Crippen LogP contribution in [0.1, 0.15) is 163 Å². The first-order chi connectivity index (χ1) is 25.1. The second kappa shape index (κ2) is 46.1. The number of hydrogen-bond acceptors (Lipinski definition) is 13. The van der Waals surface area contributed by atoms with E-state index in [0.717, 1.165) is 32.1 Å². The van der Waals surface area contributed by atoms with E-state index in [1.165, 1.54) is 109 Å². The number of carboxylic acid groups (broad SMARTS) is 1. The van der Waals surface area contributed by atoms with Gasteiger partial charge in [0.1, 0.15) is 15.9 Å². The Hall–Kier alpha value is -0.620. The van der Waals surface area contributed by atoms with Gasteiger partial charge in [-0.15, -0.1) is 0 Å². The van der Waals surface area contributed by atoms with Crippen LogP contribution in [0.4, 0.5) is 0 Å². The summed E-state index contributed by atoms with van der Waals surface area (Å²) < 4.78 is 40.5. The molecule has 0 heterocycles. The summed E-state index contributed by atoms with van der Waals surface area (Å²) in [4.78, 5) is 55.5. The molecule has 0 aromatic heterocycles. The van der Waals surface area contributed by atoms with E-state index >= 15 is 0 Å². The first-order valence-corrected chi connectivity index (χ1v) is 21.2. The summed E-state index contributed by atoms with van der Waals surface area (Å²) >= 11 is 0. The molecule has 55 heavy (non-hydrogen) atoms. The van der Waals surface area contributed by atoms with E-state index in [2.05, 4.69) is 23.9 Å². The molecule has 0 aliphatic carbocycles. The average molecular weight is 827 g/mol. The van der Waals surface area contributed by atoms with Crippen molar-refractivity contribution in [3.8, 4) is 0 Å². The SMILES string of the molecule is CC(=O)NCCN(CCO)CC(=O)[O-].CCCCCCCCCCCC(=O)OC(C)C(C)=O.CCCCCCCCCCCCOC(=O)CS(=O)(=O)[O-].[Na+].[Na+]. The number of esters is 2. The Kier molecular flexibility index (Phi) is 53.2. The number of ether oxygens (including phenoxy) is 2. The fraction of sp³-hybridized carbons (Fsp3) is 0.868. The van der Waals surface area contributed by atoms with E-state index in [1.54, 1.807) is 6.92 Å². The molecular formula is C38H72N2Na2O12S. The number of nitrogens with zero attached hydrogens (tertiary/aromatic N) is 1. The zero-order valence-corrected chi connectivity index (χ0v) is 40.3. The van der Waals surface area contributed by atoms with Crippen LogP contribution in [-0.2, 0) is 43.6 Å². The van der Waals surface area contributed by atoms with Gasteiger partial charge in [-0.25, -0.2) is 8.42 Å². The number of aliphatic hydroxyl groups is 1. The molecule has 314 valence electrons. The van der Waals surface area contributed by atoms with Crippen LogP contribution in [0.5, 0.6) is 0 Å². The number of Topliss-reactive ketones (excluding diaryl/α,β-unsaturated/α-hetero) is 1.